The molecule has 0 fully saturated rings. The van der Waals surface area contributed by atoms with Crippen LogP contribution in [0.25, 0.3) is 0 Å². The molecule has 2 aliphatic heterocycles. The van der Waals surface area contributed by atoms with Crippen LogP contribution in [0.3, 0.4) is 0 Å². The number of rotatable bonds is 4. The third-order valence-electron chi connectivity index (χ3n) is 3.77. The molecule has 5 nitrogen and oxygen atoms in total. The van der Waals surface area contributed by atoms with Crippen molar-refractivity contribution in [3.05, 3.63) is 35.7 Å². The summed E-state index contributed by atoms with van der Waals surface area (Å²) in [6, 6.07) is 5.34. The lowest BCUT2D eigenvalue weighted by molar-refractivity contribution is 0.196. The van der Waals surface area contributed by atoms with Gasteiger partial charge in [0.2, 0.25) is 0 Å². The Hall–Kier alpha value is -1.50. The van der Waals surface area contributed by atoms with Crippen LogP contribution in [0.4, 0.5) is 0 Å². The average Bonchev–Trinajstić information content (AvgIpc) is 2.85. The fourth-order valence-corrected chi connectivity index (χ4v) is 3.06. The molecular formula is C15H19ClN3O2S. The number of aromatic hydroxyl groups is 1. The second-order valence-corrected chi connectivity index (χ2v) is 5.58. The molecule has 0 unspecified atom stereocenters. The summed E-state index contributed by atoms with van der Waals surface area (Å²) in [4.78, 5) is 2.08. The van der Waals surface area contributed by atoms with Crippen LogP contribution in [-0.2, 0) is 6.42 Å². The van der Waals surface area contributed by atoms with E-state index in [1.165, 1.54) is 0 Å². The van der Waals surface area contributed by atoms with Gasteiger partial charge in [-0.2, -0.15) is 0 Å². The Morgan fingerprint density at radius 1 is 1.50 bits per heavy atom. The average molecular weight is 341 g/mol. The zero-order valence-corrected chi connectivity index (χ0v) is 13.9. The van der Waals surface area contributed by atoms with E-state index in [1.54, 1.807) is 12.1 Å². The van der Waals surface area contributed by atoms with Crippen molar-refractivity contribution >= 4 is 29.7 Å². The number of fused-ring (bicyclic) bond motifs is 1. The fraction of sp³-hybridized carbons (Fsp3) is 0.400. The molecular weight excluding hydrogens is 322 g/mol. The van der Waals surface area contributed by atoms with E-state index in [2.05, 4.69) is 15.5 Å². The molecule has 0 spiro atoms. The summed E-state index contributed by atoms with van der Waals surface area (Å²) in [6.45, 7) is 1.45. The van der Waals surface area contributed by atoms with E-state index in [0.29, 0.717) is 11.7 Å². The van der Waals surface area contributed by atoms with Crippen molar-refractivity contribution in [3.63, 3.8) is 0 Å². The van der Waals surface area contributed by atoms with Gasteiger partial charge in [-0.25, -0.2) is 5.32 Å². The second kappa shape index (κ2) is 7.17. The number of ether oxygens (including phenoxy) is 1. The minimum absolute atomic E-state index is 0. The van der Waals surface area contributed by atoms with E-state index >= 15 is 0 Å². The molecule has 0 saturated heterocycles. The number of phenolic OH excluding ortho intramolecular Hbond substituents is 1. The summed E-state index contributed by atoms with van der Waals surface area (Å²) in [5.41, 5.74) is 2.13. The van der Waals surface area contributed by atoms with Crippen LogP contribution < -0.4 is 15.4 Å². The normalized spacial score (nSPS) is 19.7. The number of benzene rings is 1. The number of phenols is 1. The number of hydrogen-bond donors (Lipinski definition) is 2. The number of nitrogens with one attached hydrogen (secondary N) is 1. The fourth-order valence-electron chi connectivity index (χ4n) is 2.74. The molecule has 3 rings (SSSR count). The van der Waals surface area contributed by atoms with Crippen LogP contribution in [0.1, 0.15) is 12.0 Å². The summed E-state index contributed by atoms with van der Waals surface area (Å²) in [5, 5.41) is 17.6. The number of halogens is 1. The highest BCUT2D eigenvalue weighted by atomic mass is 35.5. The molecule has 0 aliphatic carbocycles. The molecule has 7 heteroatoms. The number of thiocarbonyl (C=S) groups is 1. The van der Waals surface area contributed by atoms with Crippen LogP contribution in [-0.4, -0.2) is 41.4 Å². The van der Waals surface area contributed by atoms with Crippen LogP contribution >= 0.6 is 24.6 Å². The van der Waals surface area contributed by atoms with E-state index in [4.69, 9.17) is 17.0 Å². The Labute approximate surface area is 141 Å². The topological polar surface area (TPSA) is 58.8 Å². The molecule has 2 heterocycles. The maximum absolute atomic E-state index is 9.63. The van der Waals surface area contributed by atoms with Crippen molar-refractivity contribution in [1.82, 2.24) is 15.5 Å². The Kier molecular flexibility index (Phi) is 5.50. The maximum Gasteiger partial charge on any atom is 0.200 e. The van der Waals surface area contributed by atoms with E-state index in [1.807, 2.05) is 19.3 Å². The van der Waals surface area contributed by atoms with E-state index in [-0.39, 0.29) is 24.2 Å². The summed E-state index contributed by atoms with van der Waals surface area (Å²) < 4.78 is 5.81. The molecule has 1 radical (unpaired) electrons. The first-order valence-electron chi connectivity index (χ1n) is 7.01. The highest BCUT2D eigenvalue weighted by Crippen LogP contribution is 2.32. The standard InChI is InChI=1S/C15H18N3O2S.ClH/c1-16-5-4-11-8-17-15(21)18(11)12-6-10-7-13(19)2-3-14(10)20-9-12;/h2-3,7-8,12,16,19H,4-6,9H2,1H3;1H/t12-;/m1./s1. The van der Waals surface area contributed by atoms with Crippen LogP contribution in [0.15, 0.2) is 30.1 Å². The van der Waals surface area contributed by atoms with Crippen molar-refractivity contribution < 1.29 is 9.84 Å². The van der Waals surface area contributed by atoms with Gasteiger partial charge in [0.1, 0.15) is 18.1 Å². The summed E-state index contributed by atoms with van der Waals surface area (Å²) in [7, 11) is 1.93. The molecule has 22 heavy (non-hydrogen) atoms. The first kappa shape index (κ1) is 16.9. The van der Waals surface area contributed by atoms with Gasteiger partial charge in [-0.3, -0.25) is 0 Å². The molecule has 0 bridgehead atoms. The van der Waals surface area contributed by atoms with Gasteiger partial charge in [-0.05, 0) is 43.0 Å². The molecule has 1 aromatic carbocycles. The SMILES string of the molecule is CNCCC1=C[N]C(=S)N1[C@H]1COc2ccc(O)cc2C1.Cl. The maximum atomic E-state index is 9.63. The van der Waals surface area contributed by atoms with Crippen molar-refractivity contribution in [1.29, 1.82) is 0 Å². The van der Waals surface area contributed by atoms with Gasteiger partial charge in [-0.1, -0.05) is 0 Å². The summed E-state index contributed by atoms with van der Waals surface area (Å²) >= 11 is 5.36. The van der Waals surface area contributed by atoms with Gasteiger partial charge in [0, 0.05) is 31.3 Å². The number of hydrogen-bond acceptors (Lipinski definition) is 4. The summed E-state index contributed by atoms with van der Waals surface area (Å²) in [5.74, 6) is 1.10. The minimum Gasteiger partial charge on any atom is -0.508 e. The predicted octanol–water partition coefficient (Wildman–Crippen LogP) is 1.77. The highest BCUT2D eigenvalue weighted by Gasteiger charge is 2.32. The van der Waals surface area contributed by atoms with Gasteiger partial charge >= 0.3 is 0 Å². The zero-order chi connectivity index (χ0) is 14.8. The zero-order valence-electron chi connectivity index (χ0n) is 12.3. The Bertz CT molecular complexity index is 594. The molecule has 0 saturated carbocycles. The Morgan fingerprint density at radius 3 is 3.09 bits per heavy atom. The van der Waals surface area contributed by atoms with Crippen molar-refractivity contribution in [2.45, 2.75) is 18.9 Å². The monoisotopic (exact) mass is 340 g/mol. The lowest BCUT2D eigenvalue weighted by Crippen LogP contribution is -2.44. The first-order valence-corrected chi connectivity index (χ1v) is 7.42. The molecule has 2 aliphatic rings. The third-order valence-corrected chi connectivity index (χ3v) is 4.07. The molecule has 0 aromatic heterocycles. The van der Waals surface area contributed by atoms with E-state index in [0.717, 1.165) is 36.4 Å². The van der Waals surface area contributed by atoms with Gasteiger partial charge in [0.15, 0.2) is 5.11 Å². The smallest absolute Gasteiger partial charge is 0.200 e. The Balaban J connectivity index is 0.00000176. The van der Waals surface area contributed by atoms with E-state index < -0.39 is 0 Å². The van der Waals surface area contributed by atoms with Crippen molar-refractivity contribution in [2.24, 2.45) is 0 Å². The lowest BCUT2D eigenvalue weighted by atomic mass is 10.0. The predicted molar refractivity (Wildman–Crippen MR) is 91.5 cm³/mol. The molecule has 1 aromatic rings. The molecule has 1 atom stereocenters. The molecule has 119 valence electrons. The van der Waals surface area contributed by atoms with Gasteiger partial charge < -0.3 is 20.1 Å². The molecule has 0 amide bonds. The summed E-state index contributed by atoms with van der Waals surface area (Å²) in [6.07, 6.45) is 3.51. The van der Waals surface area contributed by atoms with E-state index in [9.17, 15) is 5.11 Å². The van der Waals surface area contributed by atoms with Gasteiger partial charge in [0.05, 0.1) is 6.04 Å². The van der Waals surface area contributed by atoms with Crippen molar-refractivity contribution in [2.75, 3.05) is 20.2 Å². The quantitative estimate of drug-likeness (QED) is 0.818. The van der Waals surface area contributed by atoms with Crippen molar-refractivity contribution in [3.8, 4) is 11.5 Å². The van der Waals surface area contributed by atoms with Crippen LogP contribution in [0.5, 0.6) is 11.5 Å². The second-order valence-electron chi connectivity index (χ2n) is 5.22. The van der Waals surface area contributed by atoms with Gasteiger partial charge in [-0.15, -0.1) is 12.4 Å². The largest absolute Gasteiger partial charge is 0.508 e. The molecule has 2 N–H and O–H groups in total. The third kappa shape index (κ3) is 3.29. The number of nitrogens with zero attached hydrogens (tertiary/aromatic N) is 2. The first-order chi connectivity index (χ1) is 10.2. The minimum atomic E-state index is 0. The Morgan fingerprint density at radius 2 is 2.32 bits per heavy atom. The van der Waals surface area contributed by atoms with Crippen LogP contribution in [0, 0.1) is 0 Å². The highest BCUT2D eigenvalue weighted by molar-refractivity contribution is 7.80. The van der Waals surface area contributed by atoms with Crippen LogP contribution in [0.2, 0.25) is 0 Å². The van der Waals surface area contributed by atoms with Gasteiger partial charge in [0.25, 0.3) is 0 Å². The lowest BCUT2D eigenvalue weighted by Gasteiger charge is -2.34.